The molecule has 0 spiro atoms. The van der Waals surface area contributed by atoms with Gasteiger partial charge in [0.2, 0.25) is 0 Å². The van der Waals surface area contributed by atoms with Gasteiger partial charge in [-0.25, -0.2) is 5.01 Å². The van der Waals surface area contributed by atoms with E-state index in [2.05, 4.69) is 5.43 Å². The van der Waals surface area contributed by atoms with Gasteiger partial charge in [0, 0.05) is 5.02 Å². The molecule has 0 aliphatic carbocycles. The normalized spacial score (nSPS) is 15.9. The minimum Gasteiger partial charge on any atom is -0.497 e. The summed E-state index contributed by atoms with van der Waals surface area (Å²) in [5.41, 5.74) is 3.80. The number of benzene rings is 2. The first kappa shape index (κ1) is 15.1. The van der Waals surface area contributed by atoms with E-state index in [1.165, 1.54) is 11.1 Å². The Morgan fingerprint density at radius 1 is 1.13 bits per heavy atom. The van der Waals surface area contributed by atoms with Crippen LogP contribution in [-0.4, -0.2) is 18.9 Å². The maximum atomic E-state index is 12.5. The summed E-state index contributed by atoms with van der Waals surface area (Å²) in [6.45, 7) is 0. The average molecular weight is 329 g/mol. The molecular weight excluding hydrogens is 316 g/mol. The van der Waals surface area contributed by atoms with Gasteiger partial charge in [0.15, 0.2) is 0 Å². The van der Waals surface area contributed by atoms with Crippen molar-refractivity contribution in [3.8, 4) is 5.75 Å². The SMILES string of the molecule is COc1cccc(C=C2C(=O)NN(c3cccc(Cl)c3)C2=O)c1. The average Bonchev–Trinajstić information content (AvgIpc) is 2.83. The first-order valence-electron chi connectivity index (χ1n) is 6.85. The van der Waals surface area contributed by atoms with Crippen LogP contribution < -0.4 is 15.2 Å². The van der Waals surface area contributed by atoms with E-state index in [1.807, 2.05) is 0 Å². The van der Waals surface area contributed by atoms with Crippen LogP contribution in [0.25, 0.3) is 6.08 Å². The van der Waals surface area contributed by atoms with E-state index >= 15 is 0 Å². The number of rotatable bonds is 3. The van der Waals surface area contributed by atoms with Crippen LogP contribution in [-0.2, 0) is 9.59 Å². The minimum atomic E-state index is -0.460. The highest BCUT2D eigenvalue weighted by Crippen LogP contribution is 2.24. The summed E-state index contributed by atoms with van der Waals surface area (Å²) in [7, 11) is 1.56. The third-order valence-corrected chi connectivity index (χ3v) is 3.60. The predicted molar refractivity (Wildman–Crippen MR) is 88.1 cm³/mol. The molecule has 23 heavy (non-hydrogen) atoms. The van der Waals surface area contributed by atoms with Gasteiger partial charge in [0.05, 0.1) is 12.8 Å². The second-order valence-electron chi connectivity index (χ2n) is 4.90. The molecule has 0 saturated carbocycles. The van der Waals surface area contributed by atoms with Crippen molar-refractivity contribution in [3.63, 3.8) is 0 Å². The van der Waals surface area contributed by atoms with Crippen molar-refractivity contribution < 1.29 is 14.3 Å². The zero-order valence-corrected chi connectivity index (χ0v) is 13.0. The number of hydrogen-bond donors (Lipinski definition) is 1. The summed E-state index contributed by atoms with van der Waals surface area (Å²) in [5, 5.41) is 1.66. The third kappa shape index (κ3) is 3.05. The first-order chi connectivity index (χ1) is 11.1. The van der Waals surface area contributed by atoms with Crippen LogP contribution in [0.4, 0.5) is 5.69 Å². The molecule has 1 N–H and O–H groups in total. The van der Waals surface area contributed by atoms with Gasteiger partial charge in [-0.15, -0.1) is 0 Å². The quantitative estimate of drug-likeness (QED) is 0.696. The van der Waals surface area contributed by atoms with E-state index in [-0.39, 0.29) is 5.57 Å². The molecule has 6 heteroatoms. The molecule has 1 aliphatic rings. The Kier molecular flexibility index (Phi) is 4.04. The Labute approximate surface area is 138 Å². The lowest BCUT2D eigenvalue weighted by atomic mass is 10.1. The molecule has 2 aromatic rings. The Morgan fingerprint density at radius 2 is 1.91 bits per heavy atom. The zero-order chi connectivity index (χ0) is 16.4. The molecular formula is C17H13ClN2O3. The molecule has 0 bridgehead atoms. The Bertz CT molecular complexity index is 817. The van der Waals surface area contributed by atoms with Crippen molar-refractivity contribution in [1.82, 2.24) is 5.43 Å². The molecule has 1 saturated heterocycles. The van der Waals surface area contributed by atoms with Gasteiger partial charge in [-0.2, -0.15) is 0 Å². The standard InChI is InChI=1S/C17H13ClN2O3/c1-23-14-7-2-4-11(8-14)9-15-16(21)19-20(17(15)22)13-6-3-5-12(18)10-13/h2-10H,1H3,(H,19,21). The topological polar surface area (TPSA) is 58.6 Å². The van der Waals surface area contributed by atoms with Crippen molar-refractivity contribution in [2.45, 2.75) is 0 Å². The fourth-order valence-corrected chi connectivity index (χ4v) is 2.44. The molecule has 2 amide bonds. The van der Waals surface area contributed by atoms with Crippen molar-refractivity contribution in [2.24, 2.45) is 0 Å². The van der Waals surface area contributed by atoms with Gasteiger partial charge in [-0.05, 0) is 42.0 Å². The molecule has 1 heterocycles. The number of carbonyl (C=O) groups excluding carboxylic acids is 2. The number of amides is 2. The number of hydrogen-bond acceptors (Lipinski definition) is 3. The summed E-state index contributed by atoms with van der Waals surface area (Å²) in [6, 6.07) is 13.8. The van der Waals surface area contributed by atoms with Gasteiger partial charge in [0.25, 0.3) is 11.8 Å². The lowest BCUT2D eigenvalue weighted by Gasteiger charge is -2.14. The van der Waals surface area contributed by atoms with Crippen LogP contribution in [0.3, 0.4) is 0 Å². The summed E-state index contributed by atoms with van der Waals surface area (Å²) in [5.74, 6) is -0.241. The number of halogens is 1. The maximum absolute atomic E-state index is 12.5. The van der Waals surface area contributed by atoms with Gasteiger partial charge >= 0.3 is 0 Å². The second-order valence-corrected chi connectivity index (χ2v) is 5.33. The van der Waals surface area contributed by atoms with E-state index < -0.39 is 11.8 Å². The van der Waals surface area contributed by atoms with Crippen LogP contribution in [0.5, 0.6) is 5.75 Å². The fraction of sp³-hybridized carbons (Fsp3) is 0.0588. The highest BCUT2D eigenvalue weighted by atomic mass is 35.5. The van der Waals surface area contributed by atoms with E-state index in [0.29, 0.717) is 22.0 Å². The Hall–Kier alpha value is -2.79. The van der Waals surface area contributed by atoms with Crippen LogP contribution >= 0.6 is 11.6 Å². The molecule has 0 radical (unpaired) electrons. The second kappa shape index (κ2) is 6.14. The lowest BCUT2D eigenvalue weighted by Crippen LogP contribution is -2.35. The summed E-state index contributed by atoms with van der Waals surface area (Å²) < 4.78 is 5.14. The van der Waals surface area contributed by atoms with Gasteiger partial charge in [-0.1, -0.05) is 29.8 Å². The summed E-state index contributed by atoms with van der Waals surface area (Å²) in [4.78, 5) is 24.6. The maximum Gasteiger partial charge on any atom is 0.282 e. The van der Waals surface area contributed by atoms with Crippen molar-refractivity contribution in [2.75, 3.05) is 12.1 Å². The van der Waals surface area contributed by atoms with Gasteiger partial charge in [0.1, 0.15) is 11.3 Å². The number of anilines is 1. The highest BCUT2D eigenvalue weighted by Gasteiger charge is 2.34. The number of hydrazine groups is 1. The monoisotopic (exact) mass is 328 g/mol. The van der Waals surface area contributed by atoms with E-state index in [1.54, 1.807) is 55.6 Å². The molecule has 0 aromatic heterocycles. The van der Waals surface area contributed by atoms with Crippen molar-refractivity contribution in [1.29, 1.82) is 0 Å². The van der Waals surface area contributed by atoms with Crippen LogP contribution in [0, 0.1) is 0 Å². The highest BCUT2D eigenvalue weighted by molar-refractivity contribution is 6.33. The molecule has 1 fully saturated rings. The van der Waals surface area contributed by atoms with Gasteiger partial charge < -0.3 is 4.74 Å². The lowest BCUT2D eigenvalue weighted by molar-refractivity contribution is -0.117. The van der Waals surface area contributed by atoms with E-state index in [0.717, 1.165) is 0 Å². The predicted octanol–water partition coefficient (Wildman–Crippen LogP) is 2.81. The van der Waals surface area contributed by atoms with Gasteiger partial charge in [-0.3, -0.25) is 15.0 Å². The largest absolute Gasteiger partial charge is 0.497 e. The molecule has 5 nitrogen and oxygen atoms in total. The molecule has 0 unspecified atom stereocenters. The minimum absolute atomic E-state index is 0.0539. The Morgan fingerprint density at radius 3 is 2.65 bits per heavy atom. The third-order valence-electron chi connectivity index (χ3n) is 3.36. The van der Waals surface area contributed by atoms with Crippen LogP contribution in [0.2, 0.25) is 5.02 Å². The molecule has 116 valence electrons. The van der Waals surface area contributed by atoms with Crippen molar-refractivity contribution in [3.05, 3.63) is 64.7 Å². The number of ether oxygens (including phenoxy) is 1. The Balaban J connectivity index is 1.93. The number of nitrogens with zero attached hydrogens (tertiary/aromatic N) is 1. The zero-order valence-electron chi connectivity index (χ0n) is 12.2. The molecule has 3 rings (SSSR count). The smallest absolute Gasteiger partial charge is 0.282 e. The number of methoxy groups -OCH3 is 1. The van der Waals surface area contributed by atoms with E-state index in [4.69, 9.17) is 16.3 Å². The van der Waals surface area contributed by atoms with Crippen LogP contribution in [0.1, 0.15) is 5.56 Å². The van der Waals surface area contributed by atoms with Crippen LogP contribution in [0.15, 0.2) is 54.1 Å². The molecule has 1 aliphatic heterocycles. The molecule has 2 aromatic carbocycles. The number of carbonyl (C=O) groups is 2. The summed E-state index contributed by atoms with van der Waals surface area (Å²) >= 11 is 5.93. The van der Waals surface area contributed by atoms with E-state index in [9.17, 15) is 9.59 Å². The first-order valence-corrected chi connectivity index (χ1v) is 7.23. The molecule has 0 atom stereocenters. The number of nitrogens with one attached hydrogen (secondary N) is 1. The summed E-state index contributed by atoms with van der Waals surface area (Å²) in [6.07, 6.45) is 1.53. The fourth-order valence-electron chi connectivity index (χ4n) is 2.25. The van der Waals surface area contributed by atoms with Crippen molar-refractivity contribution >= 4 is 35.2 Å².